The Kier molecular flexibility index (Phi) is 2.40. The van der Waals surface area contributed by atoms with Gasteiger partial charge in [0.15, 0.2) is 0 Å². The summed E-state index contributed by atoms with van der Waals surface area (Å²) in [7, 11) is 0. The van der Waals surface area contributed by atoms with Gasteiger partial charge in [-0.15, -0.1) is 0 Å². The van der Waals surface area contributed by atoms with Crippen molar-refractivity contribution in [1.82, 2.24) is 0 Å². The van der Waals surface area contributed by atoms with Gasteiger partial charge in [0.1, 0.15) is 5.82 Å². The molecule has 0 atom stereocenters. The second-order valence-corrected chi connectivity index (χ2v) is 2.02. The van der Waals surface area contributed by atoms with Crippen LogP contribution in [0.3, 0.4) is 0 Å². The van der Waals surface area contributed by atoms with Crippen LogP contribution in [-0.4, -0.2) is 0 Å². The molecule has 0 heterocycles. The highest BCUT2D eigenvalue weighted by molar-refractivity contribution is 5.51. The third kappa shape index (κ3) is 2.23. The van der Waals surface area contributed by atoms with E-state index >= 15 is 0 Å². The fourth-order valence-electron chi connectivity index (χ4n) is 0.744. The van der Waals surface area contributed by atoms with E-state index in [2.05, 4.69) is 0 Å². The zero-order chi connectivity index (χ0) is 8.10. The fraction of sp³-hybridized carbons (Fsp3) is 0. The van der Waals surface area contributed by atoms with Crippen molar-refractivity contribution in [1.29, 1.82) is 5.26 Å². The van der Waals surface area contributed by atoms with Crippen LogP contribution in [0, 0.1) is 17.1 Å². The molecule has 0 saturated heterocycles. The molecule has 54 valence electrons. The molecule has 0 aromatic heterocycles. The van der Waals surface area contributed by atoms with Crippen LogP contribution in [0.2, 0.25) is 0 Å². The van der Waals surface area contributed by atoms with Gasteiger partial charge in [-0.25, -0.2) is 4.39 Å². The third-order valence-electron chi connectivity index (χ3n) is 1.20. The lowest BCUT2D eigenvalue weighted by Gasteiger charge is -1.90. The summed E-state index contributed by atoms with van der Waals surface area (Å²) in [5.41, 5.74) is 0.701. The van der Waals surface area contributed by atoms with Gasteiger partial charge in [0, 0.05) is 6.08 Å². The van der Waals surface area contributed by atoms with Crippen LogP contribution < -0.4 is 0 Å². The first-order valence-electron chi connectivity index (χ1n) is 3.14. The lowest BCUT2D eigenvalue weighted by molar-refractivity contribution is 0.627. The molecule has 0 fully saturated rings. The minimum atomic E-state index is -0.287. The Hall–Kier alpha value is -1.62. The number of allylic oxidation sites excluding steroid dienone is 1. The molecule has 0 amide bonds. The van der Waals surface area contributed by atoms with Crippen molar-refractivity contribution in [3.63, 3.8) is 0 Å². The molecule has 11 heavy (non-hydrogen) atoms. The first kappa shape index (κ1) is 7.49. The molecular formula is C9H6FN. The molecule has 0 radical (unpaired) electrons. The van der Waals surface area contributed by atoms with Crippen molar-refractivity contribution in [3.8, 4) is 6.07 Å². The Labute approximate surface area is 64.4 Å². The molecule has 1 aromatic rings. The van der Waals surface area contributed by atoms with Crippen molar-refractivity contribution in [2.45, 2.75) is 0 Å². The summed E-state index contributed by atoms with van der Waals surface area (Å²) in [6, 6.07) is 7.90. The van der Waals surface area contributed by atoms with E-state index in [0.29, 0.717) is 5.56 Å². The second kappa shape index (κ2) is 3.52. The molecule has 0 unspecified atom stereocenters. The number of rotatable bonds is 1. The average Bonchev–Trinajstić information content (AvgIpc) is 2.01. The zero-order valence-corrected chi connectivity index (χ0v) is 5.79. The Morgan fingerprint density at radius 1 is 1.45 bits per heavy atom. The van der Waals surface area contributed by atoms with Gasteiger partial charge in [-0.1, -0.05) is 12.1 Å². The maximum atomic E-state index is 12.5. The molecule has 0 bridgehead atoms. The number of nitrogens with zero attached hydrogens (tertiary/aromatic N) is 1. The van der Waals surface area contributed by atoms with E-state index in [1.807, 2.05) is 6.07 Å². The van der Waals surface area contributed by atoms with Crippen molar-refractivity contribution in [3.05, 3.63) is 41.7 Å². The summed E-state index contributed by atoms with van der Waals surface area (Å²) in [5, 5.41) is 8.17. The normalized spacial score (nSPS) is 9.82. The monoisotopic (exact) mass is 147 g/mol. The molecule has 1 aromatic carbocycles. The van der Waals surface area contributed by atoms with E-state index in [1.54, 1.807) is 18.2 Å². The number of nitriles is 1. The van der Waals surface area contributed by atoms with Gasteiger partial charge in [-0.05, 0) is 23.8 Å². The summed E-state index contributed by atoms with van der Waals surface area (Å²) in [6.07, 6.45) is 2.87. The average molecular weight is 147 g/mol. The number of benzene rings is 1. The van der Waals surface area contributed by atoms with Crippen molar-refractivity contribution < 1.29 is 4.39 Å². The molecule has 0 saturated carbocycles. The molecule has 0 N–H and O–H groups in total. The van der Waals surface area contributed by atoms with E-state index in [-0.39, 0.29) is 5.82 Å². The molecule has 0 aliphatic carbocycles. The van der Waals surface area contributed by atoms with E-state index in [4.69, 9.17) is 5.26 Å². The summed E-state index contributed by atoms with van der Waals surface area (Å²) in [5.74, 6) is -0.287. The SMILES string of the molecule is N#C/C=C/c1cccc(F)c1. The largest absolute Gasteiger partial charge is 0.207 e. The van der Waals surface area contributed by atoms with Crippen molar-refractivity contribution in [2.24, 2.45) is 0 Å². The van der Waals surface area contributed by atoms with Crippen molar-refractivity contribution >= 4 is 6.08 Å². The number of halogens is 1. The number of hydrogen-bond donors (Lipinski definition) is 0. The minimum absolute atomic E-state index is 0.287. The first-order valence-corrected chi connectivity index (χ1v) is 3.14. The van der Waals surface area contributed by atoms with E-state index in [1.165, 1.54) is 18.2 Å². The standard InChI is InChI=1S/C9H6FN/c10-9-5-1-3-8(7-9)4-2-6-11/h1-5,7H/b4-2+. The summed E-state index contributed by atoms with van der Waals surface area (Å²) in [6.45, 7) is 0. The van der Waals surface area contributed by atoms with Gasteiger partial charge in [0.25, 0.3) is 0 Å². The Morgan fingerprint density at radius 2 is 2.27 bits per heavy atom. The fourth-order valence-corrected chi connectivity index (χ4v) is 0.744. The third-order valence-corrected chi connectivity index (χ3v) is 1.20. The van der Waals surface area contributed by atoms with Crippen LogP contribution in [0.15, 0.2) is 30.3 Å². The Bertz CT molecular complexity index is 310. The van der Waals surface area contributed by atoms with Crippen LogP contribution in [0.1, 0.15) is 5.56 Å². The van der Waals surface area contributed by atoms with E-state index in [9.17, 15) is 4.39 Å². The predicted octanol–water partition coefficient (Wildman–Crippen LogP) is 2.36. The van der Waals surface area contributed by atoms with E-state index < -0.39 is 0 Å². The first-order chi connectivity index (χ1) is 5.33. The maximum Gasteiger partial charge on any atom is 0.123 e. The topological polar surface area (TPSA) is 23.8 Å². The maximum absolute atomic E-state index is 12.5. The molecule has 1 rings (SSSR count). The van der Waals surface area contributed by atoms with Crippen molar-refractivity contribution in [2.75, 3.05) is 0 Å². The van der Waals surface area contributed by atoms with Crippen LogP contribution in [-0.2, 0) is 0 Å². The van der Waals surface area contributed by atoms with Gasteiger partial charge in [-0.3, -0.25) is 0 Å². The van der Waals surface area contributed by atoms with Crippen LogP contribution in [0.4, 0.5) is 4.39 Å². The highest BCUT2D eigenvalue weighted by Gasteiger charge is 1.88. The zero-order valence-electron chi connectivity index (χ0n) is 5.79. The minimum Gasteiger partial charge on any atom is -0.207 e. The molecule has 0 spiro atoms. The summed E-state index contributed by atoms with van der Waals surface area (Å²) >= 11 is 0. The van der Waals surface area contributed by atoms with Gasteiger partial charge < -0.3 is 0 Å². The molecule has 0 aliphatic heterocycles. The smallest absolute Gasteiger partial charge is 0.123 e. The lowest BCUT2D eigenvalue weighted by Crippen LogP contribution is -1.74. The lowest BCUT2D eigenvalue weighted by atomic mass is 10.2. The molecule has 1 nitrogen and oxygen atoms in total. The van der Waals surface area contributed by atoms with Crippen LogP contribution in [0.5, 0.6) is 0 Å². The highest BCUT2D eigenvalue weighted by atomic mass is 19.1. The van der Waals surface area contributed by atoms with E-state index in [0.717, 1.165) is 0 Å². The van der Waals surface area contributed by atoms with Gasteiger partial charge in [-0.2, -0.15) is 5.26 Å². The van der Waals surface area contributed by atoms with Crippen LogP contribution in [0.25, 0.3) is 6.08 Å². The quantitative estimate of drug-likeness (QED) is 0.559. The van der Waals surface area contributed by atoms with Gasteiger partial charge in [0.2, 0.25) is 0 Å². The van der Waals surface area contributed by atoms with Gasteiger partial charge >= 0.3 is 0 Å². The molecular weight excluding hydrogens is 141 g/mol. The predicted molar refractivity (Wildman–Crippen MR) is 41.0 cm³/mol. The van der Waals surface area contributed by atoms with Gasteiger partial charge in [0.05, 0.1) is 6.07 Å². The Morgan fingerprint density at radius 3 is 2.91 bits per heavy atom. The van der Waals surface area contributed by atoms with Crippen LogP contribution >= 0.6 is 0 Å². The molecule has 0 aliphatic rings. The number of hydrogen-bond acceptors (Lipinski definition) is 1. The Balaban J connectivity index is 2.90. The highest BCUT2D eigenvalue weighted by Crippen LogP contribution is 2.04. The summed E-state index contributed by atoms with van der Waals surface area (Å²) in [4.78, 5) is 0. The molecule has 2 heteroatoms. The summed E-state index contributed by atoms with van der Waals surface area (Å²) < 4.78 is 12.5. The second-order valence-electron chi connectivity index (χ2n) is 2.02.